The molecule has 28 heavy (non-hydrogen) atoms. The first-order valence-electron chi connectivity index (χ1n) is 9.64. The summed E-state index contributed by atoms with van der Waals surface area (Å²) < 4.78 is 16.8. The van der Waals surface area contributed by atoms with E-state index in [-0.39, 0.29) is 5.78 Å². The first-order chi connectivity index (χ1) is 13.7. The number of ketones is 1. The minimum Gasteiger partial charge on any atom is -0.490 e. The molecule has 0 N–H and O–H groups in total. The SMILES string of the molecule is CCOc1ccc(-c2nc(C(=O)CCCc3ccccc3)co2)cc1OCC. The van der Waals surface area contributed by atoms with E-state index < -0.39 is 0 Å². The van der Waals surface area contributed by atoms with Crippen LogP contribution >= 0.6 is 0 Å². The van der Waals surface area contributed by atoms with Gasteiger partial charge in [-0.2, -0.15) is 0 Å². The molecule has 0 saturated heterocycles. The van der Waals surface area contributed by atoms with Crippen LogP contribution in [-0.4, -0.2) is 24.0 Å². The molecule has 5 nitrogen and oxygen atoms in total. The number of carbonyl (C=O) groups excluding carboxylic acids is 1. The summed E-state index contributed by atoms with van der Waals surface area (Å²) in [7, 11) is 0. The summed E-state index contributed by atoms with van der Waals surface area (Å²) in [6.07, 6.45) is 3.52. The van der Waals surface area contributed by atoms with E-state index >= 15 is 0 Å². The maximum atomic E-state index is 12.4. The Balaban J connectivity index is 1.65. The third kappa shape index (κ3) is 5.00. The van der Waals surface area contributed by atoms with E-state index in [9.17, 15) is 4.79 Å². The number of aryl methyl sites for hydroxylation is 1. The Kier molecular flexibility index (Phi) is 6.84. The van der Waals surface area contributed by atoms with Gasteiger partial charge in [-0.15, -0.1) is 0 Å². The molecule has 0 saturated carbocycles. The maximum Gasteiger partial charge on any atom is 0.226 e. The lowest BCUT2D eigenvalue weighted by atomic mass is 10.1. The summed E-state index contributed by atoms with van der Waals surface area (Å²) in [5, 5.41) is 0. The highest BCUT2D eigenvalue weighted by Gasteiger charge is 2.15. The third-order valence-corrected chi connectivity index (χ3v) is 4.29. The largest absolute Gasteiger partial charge is 0.490 e. The van der Waals surface area contributed by atoms with Crippen molar-refractivity contribution >= 4 is 5.78 Å². The predicted molar refractivity (Wildman–Crippen MR) is 108 cm³/mol. The molecule has 0 aliphatic heterocycles. The third-order valence-electron chi connectivity index (χ3n) is 4.29. The van der Waals surface area contributed by atoms with Crippen LogP contribution < -0.4 is 9.47 Å². The van der Waals surface area contributed by atoms with Crippen LogP contribution in [0.3, 0.4) is 0 Å². The summed E-state index contributed by atoms with van der Waals surface area (Å²) in [5.74, 6) is 1.70. The molecule has 0 aliphatic rings. The molecular weight excluding hydrogens is 354 g/mol. The van der Waals surface area contributed by atoms with Gasteiger partial charge in [-0.1, -0.05) is 30.3 Å². The number of rotatable bonds is 10. The van der Waals surface area contributed by atoms with Crippen LogP contribution in [0.25, 0.3) is 11.5 Å². The molecule has 0 atom stereocenters. The van der Waals surface area contributed by atoms with E-state index in [0.29, 0.717) is 42.7 Å². The second-order valence-corrected chi connectivity index (χ2v) is 6.33. The van der Waals surface area contributed by atoms with E-state index in [4.69, 9.17) is 13.9 Å². The molecule has 3 aromatic rings. The molecule has 0 bridgehead atoms. The van der Waals surface area contributed by atoms with Crippen molar-refractivity contribution in [1.82, 2.24) is 4.98 Å². The number of hydrogen-bond acceptors (Lipinski definition) is 5. The number of nitrogens with zero attached hydrogens (tertiary/aromatic N) is 1. The zero-order valence-corrected chi connectivity index (χ0v) is 16.3. The zero-order chi connectivity index (χ0) is 19.8. The van der Waals surface area contributed by atoms with Crippen LogP contribution in [0.1, 0.15) is 42.7 Å². The van der Waals surface area contributed by atoms with Gasteiger partial charge in [0.2, 0.25) is 5.89 Å². The standard InChI is InChI=1S/C23H25NO4/c1-3-26-21-14-13-18(15-22(21)27-4-2)23-24-19(16-28-23)20(25)12-8-11-17-9-6-5-7-10-17/h5-7,9-10,13-16H,3-4,8,11-12H2,1-2H3. The normalized spacial score (nSPS) is 10.6. The predicted octanol–water partition coefficient (Wildman–Crippen LogP) is 5.34. The highest BCUT2D eigenvalue weighted by Crippen LogP contribution is 2.32. The average molecular weight is 379 g/mol. The Morgan fingerprint density at radius 1 is 1.00 bits per heavy atom. The molecule has 5 heteroatoms. The van der Waals surface area contributed by atoms with Gasteiger partial charge in [-0.05, 0) is 50.5 Å². The fourth-order valence-electron chi connectivity index (χ4n) is 2.94. The fourth-order valence-corrected chi connectivity index (χ4v) is 2.94. The van der Waals surface area contributed by atoms with Crippen LogP contribution in [0, 0.1) is 0 Å². The van der Waals surface area contributed by atoms with E-state index in [2.05, 4.69) is 17.1 Å². The van der Waals surface area contributed by atoms with Crippen molar-refractivity contribution in [3.63, 3.8) is 0 Å². The summed E-state index contributed by atoms with van der Waals surface area (Å²) in [6, 6.07) is 15.6. The van der Waals surface area contributed by atoms with Gasteiger partial charge in [0.1, 0.15) is 12.0 Å². The number of carbonyl (C=O) groups is 1. The lowest BCUT2D eigenvalue weighted by molar-refractivity contribution is 0.0975. The molecule has 0 amide bonds. The van der Waals surface area contributed by atoms with Gasteiger partial charge >= 0.3 is 0 Å². The zero-order valence-electron chi connectivity index (χ0n) is 16.3. The first kappa shape index (κ1) is 19.7. The Hall–Kier alpha value is -3.08. The van der Waals surface area contributed by atoms with E-state index in [1.807, 2.05) is 50.2 Å². The summed E-state index contributed by atoms with van der Waals surface area (Å²) in [5.41, 5.74) is 2.33. The number of benzene rings is 2. The van der Waals surface area contributed by atoms with Crippen LogP contribution in [0.5, 0.6) is 11.5 Å². The van der Waals surface area contributed by atoms with Gasteiger partial charge in [0.05, 0.1) is 13.2 Å². The molecule has 2 aromatic carbocycles. The molecule has 0 aliphatic carbocycles. The number of Topliss-reactive ketones (excluding diaryl/α,β-unsaturated/α-hetero) is 1. The monoisotopic (exact) mass is 379 g/mol. The van der Waals surface area contributed by atoms with Crippen LogP contribution in [0.4, 0.5) is 0 Å². The smallest absolute Gasteiger partial charge is 0.226 e. The van der Waals surface area contributed by atoms with E-state index in [0.717, 1.165) is 18.4 Å². The number of hydrogen-bond donors (Lipinski definition) is 0. The van der Waals surface area contributed by atoms with Crippen molar-refractivity contribution in [3.05, 3.63) is 66.1 Å². The van der Waals surface area contributed by atoms with Gasteiger partial charge < -0.3 is 13.9 Å². The first-order valence-corrected chi connectivity index (χ1v) is 9.64. The fraction of sp³-hybridized carbons (Fsp3) is 0.304. The summed E-state index contributed by atoms with van der Waals surface area (Å²) in [4.78, 5) is 16.8. The minimum atomic E-state index is -0.0121. The van der Waals surface area contributed by atoms with E-state index in [1.165, 1.54) is 11.8 Å². The van der Waals surface area contributed by atoms with Gasteiger partial charge in [0.15, 0.2) is 17.3 Å². The molecule has 0 radical (unpaired) electrons. The quantitative estimate of drug-likeness (QED) is 0.445. The van der Waals surface area contributed by atoms with Crippen molar-refractivity contribution in [2.45, 2.75) is 33.1 Å². The minimum absolute atomic E-state index is 0.0121. The van der Waals surface area contributed by atoms with Crippen LogP contribution in [-0.2, 0) is 6.42 Å². The van der Waals surface area contributed by atoms with Crippen molar-refractivity contribution in [2.24, 2.45) is 0 Å². The highest BCUT2D eigenvalue weighted by atomic mass is 16.5. The molecule has 1 heterocycles. The Morgan fingerprint density at radius 2 is 1.75 bits per heavy atom. The van der Waals surface area contributed by atoms with Crippen molar-refractivity contribution in [3.8, 4) is 23.0 Å². The van der Waals surface area contributed by atoms with Crippen molar-refractivity contribution in [1.29, 1.82) is 0 Å². The Morgan fingerprint density at radius 3 is 2.50 bits per heavy atom. The highest BCUT2D eigenvalue weighted by molar-refractivity contribution is 5.94. The molecule has 3 rings (SSSR count). The van der Waals surface area contributed by atoms with E-state index in [1.54, 1.807) is 0 Å². The van der Waals surface area contributed by atoms with Crippen molar-refractivity contribution < 1.29 is 18.7 Å². The molecular formula is C23H25NO4. The van der Waals surface area contributed by atoms with Gasteiger partial charge in [0, 0.05) is 12.0 Å². The number of ether oxygens (including phenoxy) is 2. The molecule has 0 fully saturated rings. The molecule has 1 aromatic heterocycles. The lowest BCUT2D eigenvalue weighted by Gasteiger charge is -2.11. The van der Waals surface area contributed by atoms with Crippen molar-refractivity contribution in [2.75, 3.05) is 13.2 Å². The second-order valence-electron chi connectivity index (χ2n) is 6.33. The molecule has 0 spiro atoms. The number of aromatic nitrogens is 1. The van der Waals surface area contributed by atoms with Crippen LogP contribution in [0.2, 0.25) is 0 Å². The van der Waals surface area contributed by atoms with Gasteiger partial charge in [-0.3, -0.25) is 4.79 Å². The second kappa shape index (κ2) is 9.74. The summed E-state index contributed by atoms with van der Waals surface area (Å²) >= 11 is 0. The lowest BCUT2D eigenvalue weighted by Crippen LogP contribution is -2.01. The topological polar surface area (TPSA) is 61.6 Å². The molecule has 0 unspecified atom stereocenters. The van der Waals surface area contributed by atoms with Gasteiger partial charge in [-0.25, -0.2) is 4.98 Å². The number of oxazole rings is 1. The summed E-state index contributed by atoms with van der Waals surface area (Å²) in [6.45, 7) is 4.92. The average Bonchev–Trinajstić information content (AvgIpc) is 3.21. The Labute approximate surface area is 165 Å². The maximum absolute atomic E-state index is 12.4. The van der Waals surface area contributed by atoms with Gasteiger partial charge in [0.25, 0.3) is 0 Å². The molecule has 146 valence electrons. The Bertz CT molecular complexity index is 902. The van der Waals surface area contributed by atoms with Crippen LogP contribution in [0.15, 0.2) is 59.2 Å².